The standard InChI is InChI=1S/2C8H4ClF3N2O3/c2*9-6-4(7(13)15)1-3(8(10,11)12)2-5(6)14(16)17/h2*1-2H,(H2,13,15). The zero-order valence-corrected chi connectivity index (χ0v) is 17.3. The van der Waals surface area contributed by atoms with E-state index < -0.39 is 77.7 Å². The number of nitro benzene ring substituents is 2. The first-order valence-electron chi connectivity index (χ1n) is 7.98. The fourth-order valence-electron chi connectivity index (χ4n) is 2.17. The van der Waals surface area contributed by atoms with Crippen molar-refractivity contribution in [2.24, 2.45) is 11.5 Å². The van der Waals surface area contributed by atoms with Crippen LogP contribution >= 0.6 is 23.2 Å². The molecule has 18 heteroatoms. The minimum Gasteiger partial charge on any atom is -0.366 e. The van der Waals surface area contributed by atoms with Gasteiger partial charge in [0.25, 0.3) is 11.4 Å². The van der Waals surface area contributed by atoms with Gasteiger partial charge >= 0.3 is 12.4 Å². The summed E-state index contributed by atoms with van der Waals surface area (Å²) < 4.78 is 74.3. The first-order valence-corrected chi connectivity index (χ1v) is 8.74. The number of primary amides is 2. The molecule has 2 aromatic rings. The lowest BCUT2D eigenvalue weighted by Gasteiger charge is -2.09. The summed E-state index contributed by atoms with van der Waals surface area (Å²) in [7, 11) is 0. The van der Waals surface area contributed by atoms with E-state index in [1.165, 1.54) is 0 Å². The second-order valence-corrected chi connectivity index (χ2v) is 6.71. The Bertz CT molecular complexity index is 1020. The number of amides is 2. The lowest BCUT2D eigenvalue weighted by atomic mass is 10.1. The summed E-state index contributed by atoms with van der Waals surface area (Å²) in [5.41, 5.74) is 3.33. The fraction of sp³-hybridized carbons (Fsp3) is 0.125. The molecule has 2 amide bonds. The summed E-state index contributed by atoms with van der Waals surface area (Å²) in [6.07, 6.45) is -9.67. The second-order valence-electron chi connectivity index (χ2n) is 5.95. The number of benzene rings is 2. The van der Waals surface area contributed by atoms with Gasteiger partial charge in [-0.3, -0.25) is 29.8 Å². The van der Waals surface area contributed by atoms with Crippen LogP contribution < -0.4 is 11.5 Å². The predicted molar refractivity (Wildman–Crippen MR) is 103 cm³/mol. The molecular formula is C16H8Cl2F6N4O6. The first-order chi connectivity index (χ1) is 15.3. The molecule has 2 rings (SSSR count). The van der Waals surface area contributed by atoms with Crippen molar-refractivity contribution in [1.82, 2.24) is 0 Å². The molecule has 0 bridgehead atoms. The van der Waals surface area contributed by atoms with Crippen molar-refractivity contribution in [1.29, 1.82) is 0 Å². The highest BCUT2D eigenvalue weighted by atomic mass is 35.5. The summed E-state index contributed by atoms with van der Waals surface area (Å²) in [5.74, 6) is -2.55. The lowest BCUT2D eigenvalue weighted by Crippen LogP contribution is -2.15. The van der Waals surface area contributed by atoms with E-state index in [0.717, 1.165) is 0 Å². The number of carbonyl (C=O) groups is 2. The largest absolute Gasteiger partial charge is 0.416 e. The van der Waals surface area contributed by atoms with Crippen LogP contribution in [0.1, 0.15) is 31.8 Å². The number of nitrogens with zero attached hydrogens (tertiary/aromatic N) is 2. The van der Waals surface area contributed by atoms with Crippen LogP contribution in [0, 0.1) is 20.2 Å². The van der Waals surface area contributed by atoms with Gasteiger partial charge in [0, 0.05) is 12.1 Å². The number of rotatable bonds is 4. The third kappa shape index (κ3) is 6.67. The third-order valence-corrected chi connectivity index (χ3v) is 4.48. The van der Waals surface area contributed by atoms with E-state index in [1.807, 2.05) is 0 Å². The van der Waals surface area contributed by atoms with Crippen molar-refractivity contribution in [3.05, 3.63) is 76.8 Å². The van der Waals surface area contributed by atoms with Crippen LogP contribution in [0.4, 0.5) is 37.7 Å². The van der Waals surface area contributed by atoms with Crippen molar-refractivity contribution >= 4 is 46.4 Å². The number of carbonyl (C=O) groups excluding carboxylic acids is 2. The molecule has 4 N–H and O–H groups in total. The highest BCUT2D eigenvalue weighted by Crippen LogP contribution is 2.38. The van der Waals surface area contributed by atoms with Crippen LogP contribution in [0.25, 0.3) is 0 Å². The van der Waals surface area contributed by atoms with E-state index in [9.17, 15) is 56.2 Å². The molecule has 0 aromatic heterocycles. The van der Waals surface area contributed by atoms with Crippen LogP contribution in [0.15, 0.2) is 24.3 Å². The summed E-state index contributed by atoms with van der Waals surface area (Å²) >= 11 is 10.8. The second kappa shape index (κ2) is 10.1. The molecule has 0 spiro atoms. The minimum absolute atomic E-state index is 0.245. The Morgan fingerprint density at radius 1 is 0.706 bits per heavy atom. The molecule has 0 aliphatic rings. The fourth-order valence-corrected chi connectivity index (χ4v) is 2.71. The van der Waals surface area contributed by atoms with Crippen LogP contribution in [0.2, 0.25) is 10.0 Å². The number of alkyl halides is 6. The quantitative estimate of drug-likeness (QED) is 0.324. The summed E-state index contributed by atoms with van der Waals surface area (Å²) in [6.45, 7) is 0. The molecule has 34 heavy (non-hydrogen) atoms. The Labute approximate surface area is 193 Å². The van der Waals surface area contributed by atoms with Crippen LogP contribution in [0.3, 0.4) is 0 Å². The normalized spacial score (nSPS) is 11.3. The number of nitrogens with two attached hydrogens (primary N) is 2. The zero-order chi connectivity index (χ0) is 26.8. The number of nitro groups is 2. The third-order valence-electron chi connectivity index (χ3n) is 3.69. The molecule has 0 radical (unpaired) electrons. The molecular weight excluding hydrogens is 529 g/mol. The molecule has 0 heterocycles. The average molecular weight is 537 g/mol. The molecule has 184 valence electrons. The summed E-state index contributed by atoms with van der Waals surface area (Å²) in [6, 6.07) is 1.23. The monoisotopic (exact) mass is 536 g/mol. The van der Waals surface area contributed by atoms with Gasteiger partial charge in [0.1, 0.15) is 10.0 Å². The highest BCUT2D eigenvalue weighted by molar-refractivity contribution is 6.36. The maximum Gasteiger partial charge on any atom is 0.416 e. The molecule has 0 aliphatic heterocycles. The SMILES string of the molecule is NC(=O)c1cc(C(F)(F)F)cc([N+](=O)[O-])c1Cl.NC(=O)c1cc(C(F)(F)F)cc([N+](=O)[O-])c1Cl. The Kier molecular flexibility index (Phi) is 8.42. The summed E-state index contributed by atoms with van der Waals surface area (Å²) in [5, 5.41) is 19.5. The number of halogens is 8. The molecule has 0 saturated heterocycles. The van der Waals surface area contributed by atoms with Gasteiger partial charge < -0.3 is 11.5 Å². The van der Waals surface area contributed by atoms with Gasteiger partial charge in [0.2, 0.25) is 11.8 Å². The number of hydrogen-bond acceptors (Lipinski definition) is 6. The Balaban J connectivity index is 0.000000340. The van der Waals surface area contributed by atoms with E-state index in [4.69, 9.17) is 34.7 Å². The molecule has 2 aromatic carbocycles. The van der Waals surface area contributed by atoms with Gasteiger partial charge in [-0.05, 0) is 12.1 Å². The van der Waals surface area contributed by atoms with E-state index in [1.54, 1.807) is 0 Å². The number of hydrogen-bond donors (Lipinski definition) is 2. The van der Waals surface area contributed by atoms with Crippen molar-refractivity contribution in [2.75, 3.05) is 0 Å². The van der Waals surface area contributed by atoms with Gasteiger partial charge in [0.15, 0.2) is 0 Å². The van der Waals surface area contributed by atoms with Crippen LogP contribution in [-0.4, -0.2) is 21.7 Å². The molecule has 0 saturated carbocycles. The van der Waals surface area contributed by atoms with Gasteiger partial charge in [-0.25, -0.2) is 0 Å². The lowest BCUT2D eigenvalue weighted by molar-refractivity contribution is -0.385. The average Bonchev–Trinajstić information content (AvgIpc) is 2.65. The van der Waals surface area contributed by atoms with Crippen LogP contribution in [-0.2, 0) is 12.4 Å². The van der Waals surface area contributed by atoms with Gasteiger partial charge in [0.05, 0.1) is 32.1 Å². The predicted octanol–water partition coefficient (Wildman–Crippen LogP) is 4.73. The van der Waals surface area contributed by atoms with E-state index in [-0.39, 0.29) is 12.1 Å². The van der Waals surface area contributed by atoms with E-state index in [0.29, 0.717) is 12.1 Å². The topological polar surface area (TPSA) is 172 Å². The Morgan fingerprint density at radius 3 is 1.15 bits per heavy atom. The zero-order valence-electron chi connectivity index (χ0n) is 15.8. The van der Waals surface area contributed by atoms with Crippen molar-refractivity contribution < 1.29 is 45.8 Å². The Morgan fingerprint density at radius 2 is 0.971 bits per heavy atom. The molecule has 0 unspecified atom stereocenters. The first kappa shape index (κ1) is 28.4. The Hall–Kier alpha value is -3.66. The van der Waals surface area contributed by atoms with Gasteiger partial charge in [-0.2, -0.15) is 26.3 Å². The van der Waals surface area contributed by atoms with Crippen molar-refractivity contribution in [3.8, 4) is 0 Å². The maximum atomic E-state index is 12.4. The molecule has 0 fully saturated rings. The van der Waals surface area contributed by atoms with Crippen LogP contribution in [0.5, 0.6) is 0 Å². The smallest absolute Gasteiger partial charge is 0.366 e. The summed E-state index contributed by atoms with van der Waals surface area (Å²) in [4.78, 5) is 40.4. The maximum absolute atomic E-state index is 12.4. The van der Waals surface area contributed by atoms with E-state index >= 15 is 0 Å². The van der Waals surface area contributed by atoms with E-state index in [2.05, 4.69) is 0 Å². The van der Waals surface area contributed by atoms with Crippen molar-refractivity contribution in [2.45, 2.75) is 12.4 Å². The van der Waals surface area contributed by atoms with Gasteiger partial charge in [-0.15, -0.1) is 0 Å². The molecule has 0 aliphatic carbocycles. The van der Waals surface area contributed by atoms with Crippen molar-refractivity contribution in [3.63, 3.8) is 0 Å². The minimum atomic E-state index is -4.83. The highest BCUT2D eigenvalue weighted by Gasteiger charge is 2.36. The molecule has 0 atom stereocenters. The molecule has 10 nitrogen and oxygen atoms in total. The van der Waals surface area contributed by atoms with Gasteiger partial charge in [-0.1, -0.05) is 23.2 Å².